The van der Waals surface area contributed by atoms with Crippen LogP contribution in [0.5, 0.6) is 11.5 Å². The van der Waals surface area contributed by atoms with Crippen LogP contribution in [0.1, 0.15) is 12.0 Å². The fourth-order valence-corrected chi connectivity index (χ4v) is 2.93. The van der Waals surface area contributed by atoms with Crippen LogP contribution >= 0.6 is 0 Å². The minimum Gasteiger partial charge on any atom is -0.496 e. The molecule has 0 aromatic heterocycles. The number of benzene rings is 1. The van der Waals surface area contributed by atoms with Crippen LogP contribution in [0.25, 0.3) is 5.57 Å². The molecule has 0 saturated carbocycles. The minimum atomic E-state index is -0.397. The van der Waals surface area contributed by atoms with Gasteiger partial charge in [0.25, 0.3) is 0 Å². The summed E-state index contributed by atoms with van der Waals surface area (Å²) in [6.07, 6.45) is 4.43. The topological polar surface area (TPSA) is 61.8 Å². The van der Waals surface area contributed by atoms with E-state index in [0.29, 0.717) is 30.3 Å². The van der Waals surface area contributed by atoms with Gasteiger partial charge in [0, 0.05) is 6.42 Å². The third kappa shape index (κ3) is 2.09. The Morgan fingerprint density at radius 2 is 1.86 bits per heavy atom. The van der Waals surface area contributed by atoms with Crippen LogP contribution in [0.2, 0.25) is 0 Å². The van der Waals surface area contributed by atoms with Crippen molar-refractivity contribution in [1.82, 2.24) is 0 Å². The summed E-state index contributed by atoms with van der Waals surface area (Å²) in [5.41, 5.74) is 1.23. The molecule has 5 heteroatoms. The fourth-order valence-electron chi connectivity index (χ4n) is 2.93. The molecule has 1 aromatic carbocycles. The first-order chi connectivity index (χ1) is 10.7. The van der Waals surface area contributed by atoms with Crippen molar-refractivity contribution in [3.8, 4) is 11.5 Å². The lowest BCUT2D eigenvalue weighted by Gasteiger charge is -2.30. The third-order valence-electron chi connectivity index (χ3n) is 4.07. The quantitative estimate of drug-likeness (QED) is 0.792. The van der Waals surface area contributed by atoms with Crippen LogP contribution in [0.3, 0.4) is 0 Å². The molecule has 0 saturated heterocycles. The minimum absolute atomic E-state index is 0.00905. The average molecular weight is 298 g/mol. The molecule has 0 amide bonds. The van der Waals surface area contributed by atoms with Gasteiger partial charge in [-0.05, 0) is 23.8 Å². The predicted octanol–water partition coefficient (Wildman–Crippen LogP) is 1.91. The Morgan fingerprint density at radius 1 is 1.05 bits per heavy atom. The van der Waals surface area contributed by atoms with E-state index in [0.717, 1.165) is 5.56 Å². The molecule has 3 aliphatic rings. The summed E-state index contributed by atoms with van der Waals surface area (Å²) in [5.74, 6) is 0.877. The van der Waals surface area contributed by atoms with E-state index in [1.165, 1.54) is 12.3 Å². The summed E-state index contributed by atoms with van der Waals surface area (Å²) in [5, 5.41) is 0. The molecule has 0 bridgehead atoms. The van der Waals surface area contributed by atoms with Gasteiger partial charge in [-0.25, -0.2) is 0 Å². The third-order valence-corrected chi connectivity index (χ3v) is 4.07. The highest BCUT2D eigenvalue weighted by molar-refractivity contribution is 6.23. The maximum absolute atomic E-state index is 12.7. The second kappa shape index (κ2) is 5.02. The molecule has 4 rings (SSSR count). The smallest absolute Gasteiger partial charge is 0.177 e. The molecule has 0 unspecified atom stereocenters. The van der Waals surface area contributed by atoms with E-state index in [1.54, 1.807) is 18.2 Å². The zero-order valence-electron chi connectivity index (χ0n) is 11.8. The van der Waals surface area contributed by atoms with E-state index in [-0.39, 0.29) is 24.1 Å². The Morgan fingerprint density at radius 3 is 2.73 bits per heavy atom. The first kappa shape index (κ1) is 13.1. The number of ketones is 2. The maximum Gasteiger partial charge on any atom is 0.177 e. The second-order valence-corrected chi connectivity index (χ2v) is 5.48. The number of hydrogen-bond donors (Lipinski definition) is 0. The van der Waals surface area contributed by atoms with Gasteiger partial charge in [0.15, 0.2) is 23.1 Å². The van der Waals surface area contributed by atoms with Gasteiger partial charge >= 0.3 is 0 Å². The number of carbonyl (C=O) groups excluding carboxylic acids is 2. The maximum atomic E-state index is 12.7. The monoisotopic (exact) mass is 298 g/mol. The van der Waals surface area contributed by atoms with E-state index in [2.05, 4.69) is 0 Å². The van der Waals surface area contributed by atoms with Crippen molar-refractivity contribution in [1.29, 1.82) is 0 Å². The van der Waals surface area contributed by atoms with Gasteiger partial charge in [-0.2, -0.15) is 0 Å². The van der Waals surface area contributed by atoms with E-state index in [1.807, 2.05) is 6.07 Å². The van der Waals surface area contributed by atoms with Gasteiger partial charge < -0.3 is 14.2 Å². The van der Waals surface area contributed by atoms with Gasteiger partial charge in [-0.1, -0.05) is 12.1 Å². The molecule has 2 heterocycles. The molecule has 1 aromatic rings. The van der Waals surface area contributed by atoms with Crippen molar-refractivity contribution in [2.75, 3.05) is 13.2 Å². The Hall–Kier alpha value is -2.56. The van der Waals surface area contributed by atoms with Crippen LogP contribution < -0.4 is 9.47 Å². The van der Waals surface area contributed by atoms with Crippen LogP contribution in [0, 0.1) is 5.92 Å². The molecule has 1 aliphatic carbocycles. The summed E-state index contributed by atoms with van der Waals surface area (Å²) in [4.78, 5) is 24.1. The van der Waals surface area contributed by atoms with Crippen LogP contribution in [0.15, 0.2) is 36.6 Å². The van der Waals surface area contributed by atoms with Gasteiger partial charge in [0.2, 0.25) is 0 Å². The van der Waals surface area contributed by atoms with Crippen LogP contribution in [0.4, 0.5) is 0 Å². The molecule has 2 atom stereocenters. The zero-order valence-corrected chi connectivity index (χ0v) is 11.8. The Bertz CT molecular complexity index is 716. The molecule has 0 N–H and O–H groups in total. The normalized spacial score (nSPS) is 26.1. The predicted molar refractivity (Wildman–Crippen MR) is 77.5 cm³/mol. The fraction of sp³-hybridized carbons (Fsp3) is 0.294. The van der Waals surface area contributed by atoms with E-state index < -0.39 is 5.92 Å². The molecular formula is C17H14O5. The lowest BCUT2D eigenvalue weighted by atomic mass is 9.82. The number of rotatable bonds is 1. The standard InChI is InChI=1S/C17H14O5/c18-11-2-3-12-15(8-11)22-9-13(17(12)19)10-1-4-14-16(7-10)21-6-5-20-14/h1-4,7,9,12,15H,5-6,8H2/t12-,15+/m1/s1. The van der Waals surface area contributed by atoms with Gasteiger partial charge in [-0.3, -0.25) is 9.59 Å². The van der Waals surface area contributed by atoms with E-state index in [4.69, 9.17) is 14.2 Å². The lowest BCUT2D eigenvalue weighted by Crippen LogP contribution is -2.36. The summed E-state index contributed by atoms with van der Waals surface area (Å²) in [6.45, 7) is 1.02. The summed E-state index contributed by atoms with van der Waals surface area (Å²) < 4.78 is 16.6. The average Bonchev–Trinajstić information content (AvgIpc) is 2.54. The molecule has 5 nitrogen and oxygen atoms in total. The van der Waals surface area contributed by atoms with Crippen molar-refractivity contribution in [2.24, 2.45) is 5.92 Å². The Kier molecular flexibility index (Phi) is 2.99. The van der Waals surface area contributed by atoms with Crippen LogP contribution in [-0.2, 0) is 14.3 Å². The summed E-state index contributed by atoms with van der Waals surface area (Å²) in [7, 11) is 0. The SMILES string of the molecule is O=C1C=C[C@H]2C(=O)C(c3ccc4c(c3)OCCO4)=CO[C@H]2C1. The molecule has 2 aliphatic heterocycles. The number of carbonyl (C=O) groups is 2. The van der Waals surface area contributed by atoms with Gasteiger partial charge in [0.1, 0.15) is 19.3 Å². The summed E-state index contributed by atoms with van der Waals surface area (Å²) >= 11 is 0. The summed E-state index contributed by atoms with van der Waals surface area (Å²) in [6, 6.07) is 5.41. The Labute approximate surface area is 127 Å². The highest BCUT2D eigenvalue weighted by Crippen LogP contribution is 2.37. The number of ether oxygens (including phenoxy) is 3. The van der Waals surface area contributed by atoms with Crippen molar-refractivity contribution in [2.45, 2.75) is 12.5 Å². The molecule has 22 heavy (non-hydrogen) atoms. The number of allylic oxidation sites excluding steroid dienone is 2. The molecule has 112 valence electrons. The molecule has 0 spiro atoms. The molecule has 0 radical (unpaired) electrons. The van der Waals surface area contributed by atoms with Crippen molar-refractivity contribution in [3.63, 3.8) is 0 Å². The van der Waals surface area contributed by atoms with Gasteiger partial charge in [0.05, 0.1) is 17.8 Å². The van der Waals surface area contributed by atoms with Crippen molar-refractivity contribution in [3.05, 3.63) is 42.2 Å². The number of Topliss-reactive ketones (excluding diaryl/α,β-unsaturated/α-hetero) is 1. The highest BCUT2D eigenvalue weighted by Gasteiger charge is 2.37. The first-order valence-electron chi connectivity index (χ1n) is 7.23. The van der Waals surface area contributed by atoms with Gasteiger partial charge in [-0.15, -0.1) is 0 Å². The molecule has 0 fully saturated rings. The first-order valence-corrected chi connectivity index (χ1v) is 7.23. The van der Waals surface area contributed by atoms with Crippen molar-refractivity contribution >= 4 is 17.1 Å². The number of hydrogen-bond acceptors (Lipinski definition) is 5. The zero-order chi connectivity index (χ0) is 15.1. The van der Waals surface area contributed by atoms with E-state index >= 15 is 0 Å². The molecular weight excluding hydrogens is 284 g/mol. The largest absolute Gasteiger partial charge is 0.496 e. The Balaban J connectivity index is 1.67. The second-order valence-electron chi connectivity index (χ2n) is 5.48. The highest BCUT2D eigenvalue weighted by atomic mass is 16.6. The lowest BCUT2D eigenvalue weighted by molar-refractivity contribution is -0.124. The van der Waals surface area contributed by atoms with Crippen molar-refractivity contribution < 1.29 is 23.8 Å². The number of fused-ring (bicyclic) bond motifs is 2. The van der Waals surface area contributed by atoms with Crippen LogP contribution in [-0.4, -0.2) is 30.9 Å². The van der Waals surface area contributed by atoms with E-state index in [9.17, 15) is 9.59 Å².